The number of aryl methyl sites for hydroxylation is 1. The molecule has 1 saturated carbocycles. The SMILES string of the molecule is Cc1ccc(S(=O)(=O)N2CCC[C@H]3CCCC[C@H]32)c(N)c1. The van der Waals surface area contributed by atoms with E-state index < -0.39 is 10.0 Å². The molecule has 116 valence electrons. The van der Waals surface area contributed by atoms with Gasteiger partial charge < -0.3 is 5.73 Å². The van der Waals surface area contributed by atoms with Gasteiger partial charge in [-0.25, -0.2) is 8.42 Å². The van der Waals surface area contributed by atoms with Gasteiger partial charge in [-0.05, 0) is 56.2 Å². The number of nitrogens with two attached hydrogens (primary N) is 1. The first-order valence-corrected chi connectivity index (χ1v) is 9.32. The molecule has 0 amide bonds. The standard InChI is InChI=1S/C16H24N2O2S/c1-12-8-9-16(14(17)11-12)21(19,20)18-10-4-6-13-5-2-3-7-15(13)18/h8-9,11,13,15H,2-7,10,17H2,1H3/t13-,15-/m1/s1. The third-order valence-electron chi connectivity index (χ3n) is 4.94. The Bertz CT molecular complexity index is 625. The van der Waals surface area contributed by atoms with Crippen molar-refractivity contribution in [3.05, 3.63) is 23.8 Å². The van der Waals surface area contributed by atoms with Crippen LogP contribution in [0.25, 0.3) is 0 Å². The fourth-order valence-corrected chi connectivity index (χ4v) is 5.76. The van der Waals surface area contributed by atoms with Gasteiger partial charge in [0.05, 0.1) is 5.69 Å². The Labute approximate surface area is 127 Å². The monoisotopic (exact) mass is 308 g/mol. The maximum Gasteiger partial charge on any atom is 0.245 e. The molecule has 1 saturated heterocycles. The van der Waals surface area contributed by atoms with E-state index in [4.69, 9.17) is 5.73 Å². The Morgan fingerprint density at radius 2 is 1.86 bits per heavy atom. The van der Waals surface area contributed by atoms with Crippen LogP contribution < -0.4 is 5.73 Å². The van der Waals surface area contributed by atoms with Gasteiger partial charge in [-0.15, -0.1) is 0 Å². The molecule has 0 radical (unpaired) electrons. The third-order valence-corrected chi connectivity index (χ3v) is 6.94. The second-order valence-corrected chi connectivity index (χ2v) is 8.27. The quantitative estimate of drug-likeness (QED) is 0.854. The van der Waals surface area contributed by atoms with E-state index in [2.05, 4.69) is 0 Å². The maximum absolute atomic E-state index is 13.0. The van der Waals surface area contributed by atoms with E-state index in [0.29, 0.717) is 18.2 Å². The first-order chi connectivity index (χ1) is 10.00. The lowest BCUT2D eigenvalue weighted by molar-refractivity contribution is 0.129. The van der Waals surface area contributed by atoms with Gasteiger partial charge in [-0.1, -0.05) is 18.9 Å². The van der Waals surface area contributed by atoms with Crippen molar-refractivity contribution < 1.29 is 8.42 Å². The summed E-state index contributed by atoms with van der Waals surface area (Å²) in [6, 6.07) is 5.41. The molecule has 1 heterocycles. The molecule has 3 rings (SSSR count). The van der Waals surface area contributed by atoms with Crippen LogP contribution in [0.3, 0.4) is 0 Å². The van der Waals surface area contributed by atoms with Gasteiger partial charge in [0.25, 0.3) is 0 Å². The fraction of sp³-hybridized carbons (Fsp3) is 0.625. The molecule has 0 aromatic heterocycles. The minimum Gasteiger partial charge on any atom is -0.398 e. The summed E-state index contributed by atoms with van der Waals surface area (Å²) >= 11 is 0. The highest BCUT2D eigenvalue weighted by atomic mass is 32.2. The predicted octanol–water partition coefficient (Wildman–Crippen LogP) is 2.92. The normalized spacial score (nSPS) is 27.3. The van der Waals surface area contributed by atoms with Crippen molar-refractivity contribution in [3.8, 4) is 0 Å². The lowest BCUT2D eigenvalue weighted by Gasteiger charge is -2.43. The van der Waals surface area contributed by atoms with Crippen LogP contribution in [-0.4, -0.2) is 25.3 Å². The van der Waals surface area contributed by atoms with E-state index in [9.17, 15) is 8.42 Å². The van der Waals surface area contributed by atoms with E-state index in [1.165, 1.54) is 19.3 Å². The molecule has 0 bridgehead atoms. The summed E-state index contributed by atoms with van der Waals surface area (Å²) < 4.78 is 27.8. The number of hydrogen-bond acceptors (Lipinski definition) is 3. The zero-order valence-electron chi connectivity index (χ0n) is 12.6. The zero-order chi connectivity index (χ0) is 15.0. The molecule has 2 fully saturated rings. The number of nitrogen functional groups attached to an aromatic ring is 1. The van der Waals surface area contributed by atoms with Gasteiger partial charge in [0, 0.05) is 12.6 Å². The van der Waals surface area contributed by atoms with Gasteiger partial charge in [0.15, 0.2) is 0 Å². The van der Waals surface area contributed by atoms with Gasteiger partial charge in [-0.3, -0.25) is 0 Å². The lowest BCUT2D eigenvalue weighted by atomic mass is 9.79. The predicted molar refractivity (Wildman–Crippen MR) is 84.5 cm³/mol. The van der Waals surface area contributed by atoms with Gasteiger partial charge in [0.2, 0.25) is 10.0 Å². The Kier molecular flexibility index (Phi) is 3.97. The first kappa shape index (κ1) is 14.9. The number of hydrogen-bond donors (Lipinski definition) is 1. The van der Waals surface area contributed by atoms with Crippen LogP contribution in [0, 0.1) is 12.8 Å². The summed E-state index contributed by atoms with van der Waals surface area (Å²) in [5.41, 5.74) is 7.33. The minimum absolute atomic E-state index is 0.179. The highest BCUT2D eigenvalue weighted by Crippen LogP contribution is 2.38. The first-order valence-electron chi connectivity index (χ1n) is 7.88. The molecule has 4 nitrogen and oxygen atoms in total. The van der Waals surface area contributed by atoms with Crippen molar-refractivity contribution in [3.63, 3.8) is 0 Å². The summed E-state index contributed by atoms with van der Waals surface area (Å²) in [6.45, 7) is 2.56. The van der Waals surface area contributed by atoms with Crippen molar-refractivity contribution in [1.82, 2.24) is 4.31 Å². The summed E-state index contributed by atoms with van der Waals surface area (Å²) in [4.78, 5) is 0.277. The van der Waals surface area contributed by atoms with Gasteiger partial charge in [0.1, 0.15) is 4.90 Å². The zero-order valence-corrected chi connectivity index (χ0v) is 13.4. The average Bonchev–Trinajstić information content (AvgIpc) is 2.46. The molecule has 21 heavy (non-hydrogen) atoms. The number of rotatable bonds is 2. The fourth-order valence-electron chi connectivity index (χ4n) is 3.91. The number of nitrogens with zero attached hydrogens (tertiary/aromatic N) is 1. The minimum atomic E-state index is -3.47. The van der Waals surface area contributed by atoms with Crippen molar-refractivity contribution in [1.29, 1.82) is 0 Å². The van der Waals surface area contributed by atoms with Crippen LogP contribution in [0.1, 0.15) is 44.1 Å². The second kappa shape index (κ2) is 5.61. The number of benzene rings is 1. The molecule has 2 atom stereocenters. The highest BCUT2D eigenvalue weighted by molar-refractivity contribution is 7.89. The topological polar surface area (TPSA) is 63.4 Å². The molecular formula is C16H24N2O2S. The van der Waals surface area contributed by atoms with Crippen molar-refractivity contribution in [2.24, 2.45) is 5.92 Å². The summed E-state index contributed by atoms with van der Waals surface area (Å²) in [5.74, 6) is 0.536. The molecule has 5 heteroatoms. The van der Waals surface area contributed by atoms with E-state index >= 15 is 0 Å². The molecule has 1 aliphatic heterocycles. The lowest BCUT2D eigenvalue weighted by Crippen LogP contribution is -2.49. The van der Waals surface area contributed by atoms with Crippen LogP contribution in [0.5, 0.6) is 0 Å². The molecule has 1 aromatic rings. The Morgan fingerprint density at radius 1 is 1.14 bits per heavy atom. The molecular weight excluding hydrogens is 284 g/mol. The van der Waals surface area contributed by atoms with Crippen LogP contribution in [0.2, 0.25) is 0 Å². The summed E-state index contributed by atoms with van der Waals surface area (Å²) in [6.07, 6.45) is 6.67. The van der Waals surface area contributed by atoms with E-state index in [-0.39, 0.29) is 10.9 Å². The number of anilines is 1. The molecule has 0 spiro atoms. The van der Waals surface area contributed by atoms with Crippen LogP contribution in [0.15, 0.2) is 23.1 Å². The average molecular weight is 308 g/mol. The third kappa shape index (κ3) is 2.69. The number of piperidine rings is 1. The van der Waals surface area contributed by atoms with Gasteiger partial charge >= 0.3 is 0 Å². The largest absolute Gasteiger partial charge is 0.398 e. The van der Waals surface area contributed by atoms with Crippen molar-refractivity contribution in [2.45, 2.75) is 56.4 Å². The van der Waals surface area contributed by atoms with Crippen molar-refractivity contribution in [2.75, 3.05) is 12.3 Å². The van der Waals surface area contributed by atoms with E-state index in [0.717, 1.165) is 24.8 Å². The Hall–Kier alpha value is -1.07. The molecule has 2 N–H and O–H groups in total. The second-order valence-electron chi connectivity index (χ2n) is 6.41. The van der Waals surface area contributed by atoms with Crippen LogP contribution in [-0.2, 0) is 10.0 Å². The van der Waals surface area contributed by atoms with Crippen LogP contribution in [0.4, 0.5) is 5.69 Å². The number of fused-ring (bicyclic) bond motifs is 1. The van der Waals surface area contributed by atoms with E-state index in [1.54, 1.807) is 16.4 Å². The van der Waals surface area contributed by atoms with Crippen LogP contribution >= 0.6 is 0 Å². The molecule has 1 aromatic carbocycles. The maximum atomic E-state index is 13.0. The summed E-state index contributed by atoms with van der Waals surface area (Å²) in [5, 5.41) is 0. The van der Waals surface area contributed by atoms with Gasteiger partial charge in [-0.2, -0.15) is 4.31 Å². The highest BCUT2D eigenvalue weighted by Gasteiger charge is 2.40. The van der Waals surface area contributed by atoms with E-state index in [1.807, 2.05) is 13.0 Å². The Morgan fingerprint density at radius 3 is 2.62 bits per heavy atom. The number of sulfonamides is 1. The molecule has 2 aliphatic rings. The smallest absolute Gasteiger partial charge is 0.245 e. The molecule has 1 aliphatic carbocycles. The Balaban J connectivity index is 1.96. The molecule has 0 unspecified atom stereocenters. The summed E-state index contributed by atoms with van der Waals surface area (Å²) in [7, 11) is -3.47. The van der Waals surface area contributed by atoms with Crippen molar-refractivity contribution >= 4 is 15.7 Å².